The Morgan fingerprint density at radius 1 is 1.53 bits per heavy atom. The van der Waals surface area contributed by atoms with Crippen LogP contribution in [-0.4, -0.2) is 30.8 Å². The Morgan fingerprint density at radius 2 is 2.35 bits per heavy atom. The van der Waals surface area contributed by atoms with Crippen molar-refractivity contribution in [1.82, 2.24) is 19.7 Å². The molecule has 0 aliphatic carbocycles. The number of hydrogen-bond acceptors (Lipinski definition) is 5. The number of aryl methyl sites for hydroxylation is 1. The molecule has 0 bridgehead atoms. The predicted octanol–water partition coefficient (Wildman–Crippen LogP) is 0.520. The fraction of sp³-hybridized carbons (Fsp3) is 0.200. The van der Waals surface area contributed by atoms with Gasteiger partial charge in [-0.05, 0) is 12.1 Å². The lowest BCUT2D eigenvalue weighted by molar-refractivity contribution is 0.0697. The maximum absolute atomic E-state index is 10.7. The van der Waals surface area contributed by atoms with Crippen LogP contribution in [0.2, 0.25) is 0 Å². The molecule has 2 N–H and O–H groups in total. The maximum atomic E-state index is 10.7. The summed E-state index contributed by atoms with van der Waals surface area (Å²) in [5.74, 6) is 0.124. The van der Waals surface area contributed by atoms with Crippen LogP contribution in [0.1, 0.15) is 16.2 Å². The summed E-state index contributed by atoms with van der Waals surface area (Å²) in [6, 6.07) is 2.90. The second kappa shape index (κ2) is 4.60. The number of anilines is 1. The molecule has 0 saturated heterocycles. The number of carbonyl (C=O) groups is 1. The van der Waals surface area contributed by atoms with Gasteiger partial charge in [-0.1, -0.05) is 0 Å². The Balaban J connectivity index is 2.04. The number of aromatic carboxylic acids is 1. The van der Waals surface area contributed by atoms with E-state index in [9.17, 15) is 4.79 Å². The highest BCUT2D eigenvalue weighted by Gasteiger charge is 2.04. The lowest BCUT2D eigenvalue weighted by Crippen LogP contribution is -2.05. The molecule has 2 aromatic heterocycles. The van der Waals surface area contributed by atoms with Crippen molar-refractivity contribution in [2.75, 3.05) is 5.32 Å². The molecule has 0 amide bonds. The number of pyridine rings is 1. The first-order valence-electron chi connectivity index (χ1n) is 4.93. The molecule has 7 nitrogen and oxygen atoms in total. The first kappa shape index (κ1) is 11.1. The van der Waals surface area contributed by atoms with E-state index in [-0.39, 0.29) is 5.56 Å². The van der Waals surface area contributed by atoms with Gasteiger partial charge in [-0.2, -0.15) is 5.10 Å². The Hall–Kier alpha value is -2.44. The van der Waals surface area contributed by atoms with Gasteiger partial charge in [0.1, 0.15) is 12.1 Å². The van der Waals surface area contributed by atoms with E-state index in [4.69, 9.17) is 5.11 Å². The molecule has 17 heavy (non-hydrogen) atoms. The van der Waals surface area contributed by atoms with Crippen molar-refractivity contribution in [3.63, 3.8) is 0 Å². The second-order valence-electron chi connectivity index (χ2n) is 3.42. The standard InChI is InChI=1S/C10H11N5O2/c1-15-6-13-9(14-15)5-12-8-4-7(10(16)17)2-3-11-8/h2-4,6H,5H2,1H3,(H,11,12)(H,16,17). The number of hydrogen-bond donors (Lipinski definition) is 2. The van der Waals surface area contributed by atoms with Crippen molar-refractivity contribution in [2.24, 2.45) is 7.05 Å². The third kappa shape index (κ3) is 2.77. The minimum atomic E-state index is -0.980. The highest BCUT2D eigenvalue weighted by Crippen LogP contribution is 2.07. The van der Waals surface area contributed by atoms with Crippen molar-refractivity contribution >= 4 is 11.8 Å². The van der Waals surface area contributed by atoms with Crippen LogP contribution < -0.4 is 5.32 Å². The molecule has 2 aromatic rings. The Morgan fingerprint density at radius 3 is 3.00 bits per heavy atom. The van der Waals surface area contributed by atoms with Crippen molar-refractivity contribution in [3.05, 3.63) is 36.0 Å². The minimum Gasteiger partial charge on any atom is -0.478 e. The van der Waals surface area contributed by atoms with Gasteiger partial charge in [-0.25, -0.2) is 14.8 Å². The topological polar surface area (TPSA) is 92.9 Å². The molecule has 2 rings (SSSR count). The zero-order valence-corrected chi connectivity index (χ0v) is 9.16. The fourth-order valence-corrected chi connectivity index (χ4v) is 1.29. The number of carboxylic acid groups (broad SMARTS) is 1. The molecule has 0 saturated carbocycles. The van der Waals surface area contributed by atoms with Gasteiger partial charge in [-0.3, -0.25) is 4.68 Å². The van der Waals surface area contributed by atoms with Gasteiger partial charge in [-0.15, -0.1) is 0 Å². The summed E-state index contributed by atoms with van der Waals surface area (Å²) in [7, 11) is 1.78. The van der Waals surface area contributed by atoms with E-state index in [1.54, 1.807) is 18.1 Å². The van der Waals surface area contributed by atoms with Crippen molar-refractivity contribution in [2.45, 2.75) is 6.54 Å². The Labute approximate surface area is 97.1 Å². The number of carboxylic acids is 1. The molecule has 88 valence electrons. The van der Waals surface area contributed by atoms with Crippen LogP contribution in [0, 0.1) is 0 Å². The molecule has 0 aromatic carbocycles. The van der Waals surface area contributed by atoms with Gasteiger partial charge in [0.05, 0.1) is 12.1 Å². The number of nitrogens with zero attached hydrogens (tertiary/aromatic N) is 4. The molecule has 0 radical (unpaired) electrons. The molecule has 7 heteroatoms. The average Bonchev–Trinajstić information content (AvgIpc) is 2.73. The summed E-state index contributed by atoms with van der Waals surface area (Å²) in [5.41, 5.74) is 0.191. The van der Waals surface area contributed by atoms with E-state index in [0.29, 0.717) is 18.2 Å². The lowest BCUT2D eigenvalue weighted by atomic mass is 10.2. The highest BCUT2D eigenvalue weighted by molar-refractivity contribution is 5.88. The van der Waals surface area contributed by atoms with Gasteiger partial charge in [0.25, 0.3) is 0 Å². The molecule has 0 spiro atoms. The van der Waals surface area contributed by atoms with Crippen LogP contribution in [0.25, 0.3) is 0 Å². The molecule has 0 atom stereocenters. The summed E-state index contributed by atoms with van der Waals surface area (Å²) in [5, 5.41) is 15.9. The van der Waals surface area contributed by atoms with Crippen LogP contribution >= 0.6 is 0 Å². The number of nitrogens with one attached hydrogen (secondary N) is 1. The third-order valence-electron chi connectivity index (χ3n) is 2.08. The van der Waals surface area contributed by atoms with Crippen LogP contribution in [0.5, 0.6) is 0 Å². The second-order valence-corrected chi connectivity index (χ2v) is 3.42. The van der Waals surface area contributed by atoms with Gasteiger partial charge >= 0.3 is 5.97 Å². The summed E-state index contributed by atoms with van der Waals surface area (Å²) < 4.78 is 1.60. The van der Waals surface area contributed by atoms with Gasteiger partial charge < -0.3 is 10.4 Å². The Bertz CT molecular complexity index is 537. The van der Waals surface area contributed by atoms with Crippen LogP contribution in [0.3, 0.4) is 0 Å². The average molecular weight is 233 g/mol. The van der Waals surface area contributed by atoms with Gasteiger partial charge in [0.2, 0.25) is 0 Å². The normalized spacial score (nSPS) is 10.2. The van der Waals surface area contributed by atoms with E-state index in [1.165, 1.54) is 18.3 Å². The molecule has 0 aliphatic rings. The molecule has 0 aliphatic heterocycles. The van der Waals surface area contributed by atoms with E-state index >= 15 is 0 Å². The molecule has 0 fully saturated rings. The quantitative estimate of drug-likeness (QED) is 0.799. The predicted molar refractivity (Wildman–Crippen MR) is 59.5 cm³/mol. The zero-order valence-electron chi connectivity index (χ0n) is 9.16. The van der Waals surface area contributed by atoms with E-state index in [2.05, 4.69) is 20.4 Å². The van der Waals surface area contributed by atoms with E-state index < -0.39 is 5.97 Å². The summed E-state index contributed by atoms with van der Waals surface area (Å²) in [6.45, 7) is 0.400. The lowest BCUT2D eigenvalue weighted by Gasteiger charge is -2.03. The van der Waals surface area contributed by atoms with Gasteiger partial charge in [0.15, 0.2) is 5.82 Å². The molecule has 0 unspecified atom stereocenters. The van der Waals surface area contributed by atoms with Crippen LogP contribution in [0.15, 0.2) is 24.7 Å². The molecular weight excluding hydrogens is 222 g/mol. The summed E-state index contributed by atoms with van der Waals surface area (Å²) in [4.78, 5) is 18.8. The maximum Gasteiger partial charge on any atom is 0.335 e. The molecule has 2 heterocycles. The van der Waals surface area contributed by atoms with Crippen molar-refractivity contribution < 1.29 is 9.90 Å². The van der Waals surface area contributed by atoms with Gasteiger partial charge in [0, 0.05) is 13.2 Å². The first-order valence-corrected chi connectivity index (χ1v) is 4.93. The smallest absolute Gasteiger partial charge is 0.335 e. The third-order valence-corrected chi connectivity index (χ3v) is 2.08. The fourth-order valence-electron chi connectivity index (χ4n) is 1.29. The van der Waals surface area contributed by atoms with Crippen molar-refractivity contribution in [3.8, 4) is 0 Å². The zero-order chi connectivity index (χ0) is 12.3. The summed E-state index contributed by atoms with van der Waals surface area (Å²) >= 11 is 0. The molecular formula is C10H11N5O2. The largest absolute Gasteiger partial charge is 0.478 e. The first-order chi connectivity index (χ1) is 8.15. The SMILES string of the molecule is Cn1cnc(CNc2cc(C(=O)O)ccn2)n1. The summed E-state index contributed by atoms with van der Waals surface area (Å²) in [6.07, 6.45) is 3.04. The number of aromatic nitrogens is 4. The van der Waals surface area contributed by atoms with E-state index in [1.807, 2.05) is 0 Å². The van der Waals surface area contributed by atoms with Crippen LogP contribution in [-0.2, 0) is 13.6 Å². The Kier molecular flexibility index (Phi) is 2.99. The number of rotatable bonds is 4. The van der Waals surface area contributed by atoms with E-state index in [0.717, 1.165) is 0 Å². The highest BCUT2D eigenvalue weighted by atomic mass is 16.4. The van der Waals surface area contributed by atoms with Crippen LogP contribution in [0.4, 0.5) is 5.82 Å². The minimum absolute atomic E-state index is 0.191. The monoisotopic (exact) mass is 233 g/mol. The van der Waals surface area contributed by atoms with Crippen molar-refractivity contribution in [1.29, 1.82) is 0 Å².